The zero-order valence-corrected chi connectivity index (χ0v) is 13.4. The van der Waals surface area contributed by atoms with E-state index in [4.69, 9.17) is 5.73 Å². The Kier molecular flexibility index (Phi) is 3.47. The molecule has 4 N–H and O–H groups in total. The van der Waals surface area contributed by atoms with Crippen LogP contribution in [0, 0.1) is 11.3 Å². The summed E-state index contributed by atoms with van der Waals surface area (Å²) < 4.78 is 0. The largest absolute Gasteiger partial charge is 0.397 e. The average molecular weight is 297 g/mol. The van der Waals surface area contributed by atoms with Gasteiger partial charge < -0.3 is 16.4 Å². The second kappa shape index (κ2) is 5.20. The number of carbonyl (C=O) groups is 1. The first-order valence-electron chi connectivity index (χ1n) is 7.73. The Morgan fingerprint density at radius 2 is 2.05 bits per heavy atom. The van der Waals surface area contributed by atoms with Crippen molar-refractivity contribution in [3.8, 4) is 0 Å². The summed E-state index contributed by atoms with van der Waals surface area (Å²) in [6.45, 7) is 6.45. The van der Waals surface area contributed by atoms with Gasteiger partial charge in [-0.1, -0.05) is 32.9 Å². The first-order valence-corrected chi connectivity index (χ1v) is 7.73. The van der Waals surface area contributed by atoms with Gasteiger partial charge in [0.1, 0.15) is 0 Å². The second-order valence-corrected chi connectivity index (χ2v) is 6.93. The smallest absolute Gasteiger partial charge is 0.224 e. The molecule has 0 spiro atoms. The number of amides is 1. The maximum atomic E-state index is 11.8. The molecule has 1 aromatic rings. The number of hydrogen-bond acceptors (Lipinski definition) is 3. The average Bonchev–Trinajstić information content (AvgIpc) is 2.42. The van der Waals surface area contributed by atoms with Crippen LogP contribution in [0.5, 0.6) is 0 Å². The van der Waals surface area contributed by atoms with Crippen LogP contribution in [0.25, 0.3) is 0 Å². The molecular formula is C18H23N3O. The molecule has 4 heteroatoms. The van der Waals surface area contributed by atoms with Gasteiger partial charge in [-0.2, -0.15) is 0 Å². The predicted octanol–water partition coefficient (Wildman–Crippen LogP) is 3.40. The molecule has 1 unspecified atom stereocenters. The van der Waals surface area contributed by atoms with Crippen LogP contribution in [0.1, 0.15) is 33.6 Å². The molecule has 1 atom stereocenters. The lowest BCUT2D eigenvalue weighted by molar-refractivity contribution is -0.121. The standard InChI is InChI=1S/C18H23N3O/c1-11-8-16(22)21-17-13(11)9-12(10-18(17,2)3)20-15-7-5-4-6-14(15)19/h4-7,9,11,20H,8,10,19H2,1-3H3,(H,21,22). The Balaban J connectivity index is 1.96. The number of allylic oxidation sites excluding steroid dienone is 4. The first-order chi connectivity index (χ1) is 10.4. The lowest BCUT2D eigenvalue weighted by Crippen LogP contribution is -2.40. The van der Waals surface area contributed by atoms with Gasteiger partial charge in [0.15, 0.2) is 0 Å². The highest BCUT2D eigenvalue weighted by atomic mass is 16.1. The zero-order chi connectivity index (χ0) is 15.9. The van der Waals surface area contributed by atoms with E-state index in [1.54, 1.807) is 0 Å². The fraction of sp³-hybridized carbons (Fsp3) is 0.389. The molecule has 1 heterocycles. The number of anilines is 2. The molecule has 1 aromatic carbocycles. The quantitative estimate of drug-likeness (QED) is 0.733. The molecular weight excluding hydrogens is 274 g/mol. The van der Waals surface area contributed by atoms with E-state index in [0.717, 1.165) is 29.2 Å². The van der Waals surface area contributed by atoms with Crippen molar-refractivity contribution >= 4 is 17.3 Å². The van der Waals surface area contributed by atoms with Crippen LogP contribution < -0.4 is 16.4 Å². The van der Waals surface area contributed by atoms with Gasteiger partial charge in [-0.25, -0.2) is 0 Å². The number of hydrogen-bond donors (Lipinski definition) is 3. The van der Waals surface area contributed by atoms with Gasteiger partial charge in [0.2, 0.25) is 5.91 Å². The summed E-state index contributed by atoms with van der Waals surface area (Å²) in [4.78, 5) is 11.8. The minimum absolute atomic E-state index is 0.0969. The van der Waals surface area contributed by atoms with Gasteiger partial charge >= 0.3 is 0 Å². The molecule has 1 amide bonds. The van der Waals surface area contributed by atoms with Crippen LogP contribution in [0.15, 0.2) is 47.3 Å². The van der Waals surface area contributed by atoms with E-state index in [1.807, 2.05) is 24.3 Å². The van der Waals surface area contributed by atoms with Crippen LogP contribution in [0.4, 0.5) is 11.4 Å². The Morgan fingerprint density at radius 1 is 1.32 bits per heavy atom. The number of rotatable bonds is 2. The van der Waals surface area contributed by atoms with E-state index in [1.165, 1.54) is 5.57 Å². The van der Waals surface area contributed by atoms with Gasteiger partial charge in [-0.05, 0) is 36.1 Å². The summed E-state index contributed by atoms with van der Waals surface area (Å²) in [5.41, 5.74) is 11.0. The molecule has 0 saturated heterocycles. The third-order valence-electron chi connectivity index (χ3n) is 4.47. The maximum absolute atomic E-state index is 11.8. The van der Waals surface area contributed by atoms with E-state index in [0.29, 0.717) is 6.42 Å². The maximum Gasteiger partial charge on any atom is 0.224 e. The molecule has 3 rings (SSSR count). The summed E-state index contributed by atoms with van der Waals surface area (Å²) in [5.74, 6) is 0.365. The number of carbonyl (C=O) groups excluding carboxylic acids is 1. The van der Waals surface area contributed by atoms with Crippen LogP contribution in [0.2, 0.25) is 0 Å². The van der Waals surface area contributed by atoms with Crippen molar-refractivity contribution in [2.75, 3.05) is 11.1 Å². The fourth-order valence-electron chi connectivity index (χ4n) is 3.34. The van der Waals surface area contributed by atoms with E-state index < -0.39 is 0 Å². The molecule has 0 saturated carbocycles. The number of para-hydroxylation sites is 2. The van der Waals surface area contributed by atoms with Gasteiger partial charge in [0.05, 0.1) is 11.4 Å². The number of benzene rings is 1. The van der Waals surface area contributed by atoms with Crippen LogP contribution in [-0.4, -0.2) is 5.91 Å². The normalized spacial score (nSPS) is 23.5. The summed E-state index contributed by atoms with van der Waals surface area (Å²) in [6.07, 6.45) is 3.57. The molecule has 0 bridgehead atoms. The van der Waals surface area contributed by atoms with E-state index >= 15 is 0 Å². The number of nitrogen functional groups attached to an aromatic ring is 1. The van der Waals surface area contributed by atoms with Gasteiger partial charge in [0, 0.05) is 23.2 Å². The molecule has 1 aliphatic carbocycles. The predicted molar refractivity (Wildman–Crippen MR) is 89.9 cm³/mol. The third-order valence-corrected chi connectivity index (χ3v) is 4.47. The van der Waals surface area contributed by atoms with Crippen molar-refractivity contribution in [2.24, 2.45) is 11.3 Å². The van der Waals surface area contributed by atoms with Crippen LogP contribution >= 0.6 is 0 Å². The highest BCUT2D eigenvalue weighted by Crippen LogP contribution is 2.43. The van der Waals surface area contributed by atoms with Crippen molar-refractivity contribution in [1.29, 1.82) is 0 Å². The summed E-state index contributed by atoms with van der Waals surface area (Å²) in [7, 11) is 0. The monoisotopic (exact) mass is 297 g/mol. The van der Waals surface area contributed by atoms with Gasteiger partial charge in [0.25, 0.3) is 0 Å². The Hall–Kier alpha value is -2.23. The van der Waals surface area contributed by atoms with Crippen molar-refractivity contribution in [3.05, 3.63) is 47.3 Å². The zero-order valence-electron chi connectivity index (χ0n) is 13.4. The Labute approximate surface area is 131 Å². The van der Waals surface area contributed by atoms with E-state index in [-0.39, 0.29) is 17.2 Å². The summed E-state index contributed by atoms with van der Waals surface area (Å²) in [5, 5.41) is 6.54. The Bertz CT molecular complexity index is 685. The summed E-state index contributed by atoms with van der Waals surface area (Å²) in [6, 6.07) is 7.78. The van der Waals surface area contributed by atoms with Crippen molar-refractivity contribution in [3.63, 3.8) is 0 Å². The van der Waals surface area contributed by atoms with Crippen molar-refractivity contribution < 1.29 is 4.79 Å². The fourth-order valence-corrected chi connectivity index (χ4v) is 3.34. The minimum atomic E-state index is -0.0969. The van der Waals surface area contributed by atoms with E-state index in [9.17, 15) is 4.79 Å². The number of nitrogens with one attached hydrogen (secondary N) is 2. The molecule has 2 aliphatic rings. The van der Waals surface area contributed by atoms with Crippen molar-refractivity contribution in [2.45, 2.75) is 33.6 Å². The molecule has 4 nitrogen and oxygen atoms in total. The Morgan fingerprint density at radius 3 is 2.77 bits per heavy atom. The molecule has 22 heavy (non-hydrogen) atoms. The number of nitrogens with two attached hydrogens (primary N) is 1. The molecule has 0 radical (unpaired) electrons. The molecule has 0 aromatic heterocycles. The van der Waals surface area contributed by atoms with Crippen LogP contribution in [-0.2, 0) is 4.79 Å². The van der Waals surface area contributed by atoms with E-state index in [2.05, 4.69) is 37.5 Å². The lowest BCUT2D eigenvalue weighted by Gasteiger charge is -2.39. The van der Waals surface area contributed by atoms with Gasteiger partial charge in [-0.3, -0.25) is 4.79 Å². The minimum Gasteiger partial charge on any atom is -0.397 e. The second-order valence-electron chi connectivity index (χ2n) is 6.93. The van der Waals surface area contributed by atoms with Gasteiger partial charge in [-0.15, -0.1) is 0 Å². The molecule has 1 aliphatic heterocycles. The molecule has 116 valence electrons. The first kappa shape index (κ1) is 14.7. The SMILES string of the molecule is CC1CC(=O)NC2=C1C=C(Nc1ccccc1N)CC2(C)C. The highest BCUT2D eigenvalue weighted by Gasteiger charge is 2.36. The highest BCUT2D eigenvalue weighted by molar-refractivity contribution is 5.81. The summed E-state index contributed by atoms with van der Waals surface area (Å²) >= 11 is 0. The van der Waals surface area contributed by atoms with Crippen molar-refractivity contribution in [1.82, 2.24) is 5.32 Å². The lowest BCUT2D eigenvalue weighted by atomic mass is 9.73. The topological polar surface area (TPSA) is 67.2 Å². The van der Waals surface area contributed by atoms with Crippen LogP contribution in [0.3, 0.4) is 0 Å². The third kappa shape index (κ3) is 2.61. The molecule has 0 fully saturated rings.